The lowest BCUT2D eigenvalue weighted by molar-refractivity contribution is 0.396. The normalized spacial score (nSPS) is 11.4. The number of benzene rings is 2. The van der Waals surface area contributed by atoms with Crippen LogP contribution in [0.1, 0.15) is 23.9 Å². The molecule has 0 atom stereocenters. The first-order valence-electron chi connectivity index (χ1n) is 10.1. The highest BCUT2D eigenvalue weighted by Crippen LogP contribution is 2.19. The van der Waals surface area contributed by atoms with Crippen LogP contribution in [0.5, 0.6) is 5.75 Å². The van der Waals surface area contributed by atoms with Gasteiger partial charge in [-0.25, -0.2) is 0 Å². The van der Waals surface area contributed by atoms with Gasteiger partial charge in [-0.3, -0.25) is 4.99 Å². The van der Waals surface area contributed by atoms with Crippen molar-refractivity contribution in [1.82, 2.24) is 20.4 Å². The number of hydrogen-bond donors (Lipinski definition) is 1. The Kier molecular flexibility index (Phi) is 7.43. The van der Waals surface area contributed by atoms with Gasteiger partial charge in [-0.05, 0) is 30.2 Å². The van der Waals surface area contributed by atoms with Gasteiger partial charge in [0.15, 0.2) is 11.8 Å². The Morgan fingerprint density at radius 3 is 2.60 bits per heavy atom. The molecule has 0 saturated heterocycles. The van der Waals surface area contributed by atoms with E-state index in [9.17, 15) is 0 Å². The van der Waals surface area contributed by atoms with Crippen LogP contribution < -0.4 is 10.1 Å². The molecule has 0 aliphatic rings. The summed E-state index contributed by atoms with van der Waals surface area (Å²) in [5, 5.41) is 7.37. The maximum Gasteiger partial charge on any atom is 0.257 e. The number of ether oxygens (including phenoxy) is 1. The molecule has 30 heavy (non-hydrogen) atoms. The number of para-hydroxylation sites is 1. The van der Waals surface area contributed by atoms with E-state index in [1.54, 1.807) is 14.2 Å². The molecule has 0 spiro atoms. The molecule has 1 aromatic heterocycles. The molecule has 7 nitrogen and oxygen atoms in total. The Balaban J connectivity index is 1.52. The van der Waals surface area contributed by atoms with E-state index in [1.807, 2.05) is 44.3 Å². The van der Waals surface area contributed by atoms with Crippen molar-refractivity contribution >= 4 is 5.96 Å². The van der Waals surface area contributed by atoms with E-state index in [0.29, 0.717) is 12.4 Å². The van der Waals surface area contributed by atoms with Gasteiger partial charge in [0.1, 0.15) is 5.75 Å². The number of rotatable bonds is 8. The first-order chi connectivity index (χ1) is 14.6. The minimum Gasteiger partial charge on any atom is -0.496 e. The molecule has 0 aliphatic heterocycles. The van der Waals surface area contributed by atoms with E-state index < -0.39 is 0 Å². The summed E-state index contributed by atoms with van der Waals surface area (Å²) in [5.74, 6) is 3.01. The third-order valence-corrected chi connectivity index (χ3v) is 4.86. The zero-order chi connectivity index (χ0) is 21.3. The first kappa shape index (κ1) is 21.4. The smallest absolute Gasteiger partial charge is 0.257 e. The molecule has 158 valence electrons. The maximum atomic E-state index is 5.45. The highest BCUT2D eigenvalue weighted by molar-refractivity contribution is 5.79. The summed E-state index contributed by atoms with van der Waals surface area (Å²) >= 11 is 0. The number of guanidine groups is 1. The molecule has 0 bridgehead atoms. The van der Waals surface area contributed by atoms with Gasteiger partial charge in [-0.15, -0.1) is 0 Å². The van der Waals surface area contributed by atoms with E-state index in [1.165, 1.54) is 5.56 Å². The zero-order valence-corrected chi connectivity index (χ0v) is 18.1. The Morgan fingerprint density at radius 1 is 1.17 bits per heavy atom. The number of hydrogen-bond acceptors (Lipinski definition) is 5. The van der Waals surface area contributed by atoms with Crippen molar-refractivity contribution in [3.8, 4) is 17.2 Å². The van der Waals surface area contributed by atoms with Crippen molar-refractivity contribution in [2.45, 2.75) is 26.3 Å². The van der Waals surface area contributed by atoms with Crippen LogP contribution >= 0.6 is 0 Å². The van der Waals surface area contributed by atoms with E-state index >= 15 is 0 Å². The molecule has 0 fully saturated rings. The Bertz CT molecular complexity index is 966. The molecule has 7 heteroatoms. The fraction of sp³-hybridized carbons (Fsp3) is 0.348. The quantitative estimate of drug-likeness (QED) is 0.455. The summed E-state index contributed by atoms with van der Waals surface area (Å²) in [6, 6.07) is 16.3. The molecule has 3 rings (SSSR count). The van der Waals surface area contributed by atoms with Gasteiger partial charge in [-0.2, -0.15) is 4.98 Å². The number of aliphatic imine (C=N–C) groups is 1. The van der Waals surface area contributed by atoms with E-state index in [2.05, 4.69) is 43.5 Å². The summed E-state index contributed by atoms with van der Waals surface area (Å²) < 4.78 is 10.7. The number of nitrogens with zero attached hydrogens (tertiary/aromatic N) is 4. The molecule has 2 aromatic carbocycles. The molecule has 1 heterocycles. The van der Waals surface area contributed by atoms with Crippen molar-refractivity contribution in [3.05, 3.63) is 65.5 Å². The van der Waals surface area contributed by atoms with Crippen LogP contribution in [-0.4, -0.2) is 48.8 Å². The number of nitrogens with one attached hydrogen (secondary N) is 1. The highest BCUT2D eigenvalue weighted by atomic mass is 16.5. The summed E-state index contributed by atoms with van der Waals surface area (Å²) in [5.41, 5.74) is 3.28. The topological polar surface area (TPSA) is 75.8 Å². The molecular weight excluding hydrogens is 378 g/mol. The minimum absolute atomic E-state index is 0.565. The fourth-order valence-electron chi connectivity index (χ4n) is 3.20. The second kappa shape index (κ2) is 10.4. The average Bonchev–Trinajstić information content (AvgIpc) is 3.27. The monoisotopic (exact) mass is 407 g/mol. The second-order valence-electron chi connectivity index (χ2n) is 6.96. The fourth-order valence-corrected chi connectivity index (χ4v) is 3.20. The van der Waals surface area contributed by atoms with Crippen LogP contribution in [0.25, 0.3) is 11.5 Å². The van der Waals surface area contributed by atoms with Crippen LogP contribution in [-0.2, 0) is 19.4 Å². The van der Waals surface area contributed by atoms with Crippen LogP contribution in [0.2, 0.25) is 0 Å². The van der Waals surface area contributed by atoms with Crippen LogP contribution in [0.3, 0.4) is 0 Å². The third-order valence-electron chi connectivity index (χ3n) is 4.86. The molecule has 1 N–H and O–H groups in total. The molecule has 0 amide bonds. The highest BCUT2D eigenvalue weighted by Gasteiger charge is 2.10. The van der Waals surface area contributed by atoms with Gasteiger partial charge in [0, 0.05) is 44.7 Å². The van der Waals surface area contributed by atoms with Gasteiger partial charge in [-0.1, -0.05) is 42.4 Å². The van der Waals surface area contributed by atoms with Crippen molar-refractivity contribution < 1.29 is 9.26 Å². The number of methoxy groups -OCH3 is 1. The average molecular weight is 408 g/mol. The second-order valence-corrected chi connectivity index (χ2v) is 6.96. The summed E-state index contributed by atoms with van der Waals surface area (Å²) in [6.07, 6.45) is 1.64. The van der Waals surface area contributed by atoms with Gasteiger partial charge < -0.3 is 19.5 Å². The molecule has 0 unspecified atom stereocenters. The lowest BCUT2D eigenvalue weighted by Crippen LogP contribution is -2.39. The molecular formula is C23H29N5O2. The van der Waals surface area contributed by atoms with E-state index in [0.717, 1.165) is 48.0 Å². The molecule has 0 saturated carbocycles. The summed E-state index contributed by atoms with van der Waals surface area (Å²) in [4.78, 5) is 10.9. The molecule has 0 aliphatic carbocycles. The van der Waals surface area contributed by atoms with Gasteiger partial charge in [0.05, 0.1) is 7.11 Å². The predicted octanol–water partition coefficient (Wildman–Crippen LogP) is 3.56. The predicted molar refractivity (Wildman–Crippen MR) is 119 cm³/mol. The molecule has 3 aromatic rings. The Hall–Kier alpha value is -3.35. The number of aryl methyl sites for hydroxylation is 1. The summed E-state index contributed by atoms with van der Waals surface area (Å²) in [6.45, 7) is 3.50. The SMILES string of the molecule is CCc1noc(-c2ccc(CCNC(=NC)N(C)Cc3ccccc3OC)cc2)n1. The lowest BCUT2D eigenvalue weighted by Gasteiger charge is -2.23. The van der Waals surface area contributed by atoms with Crippen molar-refractivity contribution in [3.63, 3.8) is 0 Å². The lowest BCUT2D eigenvalue weighted by atomic mass is 10.1. The van der Waals surface area contributed by atoms with Gasteiger partial charge in [0.2, 0.25) is 0 Å². The first-order valence-corrected chi connectivity index (χ1v) is 10.1. The minimum atomic E-state index is 0.565. The largest absolute Gasteiger partial charge is 0.496 e. The molecule has 0 radical (unpaired) electrons. The van der Waals surface area contributed by atoms with Crippen LogP contribution in [0.4, 0.5) is 0 Å². The third kappa shape index (κ3) is 5.37. The van der Waals surface area contributed by atoms with Crippen molar-refractivity contribution in [2.75, 3.05) is 27.7 Å². The Labute approximate surface area is 177 Å². The van der Waals surface area contributed by atoms with Crippen molar-refractivity contribution in [2.24, 2.45) is 4.99 Å². The van der Waals surface area contributed by atoms with E-state index in [4.69, 9.17) is 9.26 Å². The summed E-state index contributed by atoms with van der Waals surface area (Å²) in [7, 11) is 5.51. The maximum absolute atomic E-state index is 5.45. The van der Waals surface area contributed by atoms with Gasteiger partial charge >= 0.3 is 0 Å². The van der Waals surface area contributed by atoms with Crippen molar-refractivity contribution in [1.29, 1.82) is 0 Å². The van der Waals surface area contributed by atoms with E-state index in [-0.39, 0.29) is 0 Å². The standard InChI is InChI=1S/C23H29N5O2/c1-5-21-26-22(30-27-21)18-12-10-17(11-13-18)14-15-25-23(24-2)28(3)16-19-8-6-7-9-20(19)29-4/h6-13H,5,14-16H2,1-4H3,(H,24,25). The van der Waals surface area contributed by atoms with Crippen LogP contribution in [0, 0.1) is 0 Å². The van der Waals surface area contributed by atoms with Crippen LogP contribution in [0.15, 0.2) is 58.0 Å². The van der Waals surface area contributed by atoms with Gasteiger partial charge in [0.25, 0.3) is 5.89 Å². The zero-order valence-electron chi connectivity index (χ0n) is 18.1. The Morgan fingerprint density at radius 2 is 1.93 bits per heavy atom. The number of aromatic nitrogens is 2.